The molecule has 2 N–H and O–H groups in total. The van der Waals surface area contributed by atoms with Gasteiger partial charge >= 0.3 is 0 Å². The Morgan fingerprint density at radius 2 is 2.06 bits per heavy atom. The lowest BCUT2D eigenvalue weighted by atomic mass is 10.2. The largest absolute Gasteiger partial charge is 0.611 e. The van der Waals surface area contributed by atoms with E-state index in [1.807, 2.05) is 0 Å². The van der Waals surface area contributed by atoms with Gasteiger partial charge in [0.05, 0.1) is 5.69 Å². The van der Waals surface area contributed by atoms with Crippen molar-refractivity contribution in [3.8, 4) is 0 Å². The maximum Gasteiger partial charge on any atom is 0.155 e. The summed E-state index contributed by atoms with van der Waals surface area (Å²) in [7, 11) is 0. The monoisotopic (exact) mass is 243 g/mol. The van der Waals surface area contributed by atoms with Crippen molar-refractivity contribution in [3.63, 3.8) is 0 Å². The molecule has 1 rings (SSSR count). The number of nitrogens with two attached hydrogens (primary N) is 1. The molecule has 0 aromatic heterocycles. The highest BCUT2D eigenvalue weighted by molar-refractivity contribution is 7.91. The lowest BCUT2D eigenvalue weighted by molar-refractivity contribution is 0.584. The van der Waals surface area contributed by atoms with E-state index in [-0.39, 0.29) is 5.69 Å². The Bertz CT molecular complexity index is 333. The second-order valence-corrected chi connectivity index (χ2v) is 5.36. The van der Waals surface area contributed by atoms with Gasteiger partial charge < -0.3 is 10.3 Å². The van der Waals surface area contributed by atoms with Gasteiger partial charge in [0.1, 0.15) is 5.75 Å². The first kappa shape index (κ1) is 13.3. The Morgan fingerprint density at radius 1 is 1.31 bits per heavy atom. The zero-order chi connectivity index (χ0) is 12.0. The molecule has 0 fully saturated rings. The van der Waals surface area contributed by atoms with Crippen molar-refractivity contribution >= 4 is 16.9 Å². The molecule has 1 unspecified atom stereocenters. The van der Waals surface area contributed by atoms with Crippen molar-refractivity contribution in [3.05, 3.63) is 24.0 Å². The number of benzene rings is 1. The second kappa shape index (κ2) is 6.76. The average Bonchev–Trinajstić information content (AvgIpc) is 2.28. The van der Waals surface area contributed by atoms with E-state index in [4.69, 9.17) is 5.73 Å². The van der Waals surface area contributed by atoms with Crippen LogP contribution in [0, 0.1) is 5.82 Å². The van der Waals surface area contributed by atoms with Gasteiger partial charge in [0, 0.05) is 6.07 Å². The third kappa shape index (κ3) is 4.02. The van der Waals surface area contributed by atoms with Crippen molar-refractivity contribution in [2.45, 2.75) is 37.5 Å². The van der Waals surface area contributed by atoms with Crippen LogP contribution in [0.2, 0.25) is 0 Å². The van der Waals surface area contributed by atoms with Crippen molar-refractivity contribution < 1.29 is 8.94 Å². The molecule has 1 atom stereocenters. The van der Waals surface area contributed by atoms with Gasteiger partial charge in [-0.25, -0.2) is 4.39 Å². The molecule has 1 aromatic carbocycles. The van der Waals surface area contributed by atoms with Crippen molar-refractivity contribution in [1.82, 2.24) is 0 Å². The molecule has 1 aromatic rings. The van der Waals surface area contributed by atoms with Gasteiger partial charge in [-0.05, 0) is 36.2 Å². The number of nitrogen functional groups attached to an aromatic ring is 1. The molecule has 0 heterocycles. The van der Waals surface area contributed by atoms with Gasteiger partial charge in [0.15, 0.2) is 10.7 Å². The van der Waals surface area contributed by atoms with Gasteiger partial charge in [-0.2, -0.15) is 0 Å². The summed E-state index contributed by atoms with van der Waals surface area (Å²) >= 11 is -1.10. The first-order valence-electron chi connectivity index (χ1n) is 5.58. The molecule has 0 aliphatic heterocycles. The maximum absolute atomic E-state index is 13.1. The van der Waals surface area contributed by atoms with E-state index >= 15 is 0 Å². The van der Waals surface area contributed by atoms with Crippen LogP contribution in [-0.2, 0) is 11.2 Å². The van der Waals surface area contributed by atoms with E-state index < -0.39 is 17.0 Å². The zero-order valence-corrected chi connectivity index (χ0v) is 10.4. The average molecular weight is 243 g/mol. The highest BCUT2D eigenvalue weighted by atomic mass is 32.2. The number of unbranched alkanes of at least 4 members (excludes halogenated alkanes) is 3. The first-order chi connectivity index (χ1) is 7.65. The number of hydrogen-bond donors (Lipinski definition) is 1. The molecule has 2 nitrogen and oxygen atoms in total. The van der Waals surface area contributed by atoms with Crippen LogP contribution in [0.3, 0.4) is 0 Å². The Hall–Kier alpha value is -0.740. The summed E-state index contributed by atoms with van der Waals surface area (Å²) in [6.45, 7) is 2.13. The molecule has 0 saturated carbocycles. The minimum Gasteiger partial charge on any atom is -0.611 e. The lowest BCUT2D eigenvalue weighted by Gasteiger charge is -2.10. The van der Waals surface area contributed by atoms with E-state index in [1.54, 1.807) is 6.07 Å². The molecule has 0 saturated heterocycles. The smallest absolute Gasteiger partial charge is 0.155 e. The molecule has 0 spiro atoms. The predicted octanol–water partition coefficient (Wildman–Crippen LogP) is 3.10. The summed E-state index contributed by atoms with van der Waals surface area (Å²) in [6.07, 6.45) is 4.32. The second-order valence-electron chi connectivity index (χ2n) is 3.79. The summed E-state index contributed by atoms with van der Waals surface area (Å²) < 4.78 is 24.9. The van der Waals surface area contributed by atoms with Crippen LogP contribution >= 0.6 is 0 Å². The summed E-state index contributed by atoms with van der Waals surface area (Å²) in [6, 6.07) is 4.37. The molecule has 0 bridgehead atoms. The molecule has 0 radical (unpaired) electrons. The van der Waals surface area contributed by atoms with E-state index in [0.29, 0.717) is 10.6 Å². The Kier molecular flexibility index (Phi) is 5.63. The summed E-state index contributed by atoms with van der Waals surface area (Å²) in [4.78, 5) is 0.531. The van der Waals surface area contributed by atoms with Crippen LogP contribution in [0.4, 0.5) is 10.1 Å². The lowest BCUT2D eigenvalue weighted by Crippen LogP contribution is -2.07. The summed E-state index contributed by atoms with van der Waals surface area (Å²) in [5.74, 6) is 0.114. The van der Waals surface area contributed by atoms with Crippen molar-refractivity contribution in [2.75, 3.05) is 11.5 Å². The number of anilines is 1. The van der Waals surface area contributed by atoms with Crippen LogP contribution in [0.15, 0.2) is 23.1 Å². The minimum absolute atomic E-state index is 0.103. The molecule has 0 aliphatic carbocycles. The molecule has 0 amide bonds. The normalized spacial score (nSPS) is 12.7. The van der Waals surface area contributed by atoms with Crippen LogP contribution in [-0.4, -0.2) is 10.3 Å². The van der Waals surface area contributed by atoms with Crippen molar-refractivity contribution in [2.24, 2.45) is 0 Å². The Morgan fingerprint density at radius 3 is 2.69 bits per heavy atom. The third-order valence-corrected chi connectivity index (χ3v) is 3.86. The van der Waals surface area contributed by atoms with Gasteiger partial charge in [-0.1, -0.05) is 19.8 Å². The number of halogens is 1. The maximum atomic E-state index is 13.1. The quantitative estimate of drug-likeness (QED) is 0.474. The van der Waals surface area contributed by atoms with E-state index in [0.717, 1.165) is 25.7 Å². The predicted molar refractivity (Wildman–Crippen MR) is 66.2 cm³/mol. The van der Waals surface area contributed by atoms with Gasteiger partial charge in [0.25, 0.3) is 0 Å². The Balaban J connectivity index is 2.46. The molecule has 4 heteroatoms. The topological polar surface area (TPSA) is 49.1 Å². The van der Waals surface area contributed by atoms with E-state index in [2.05, 4.69) is 6.92 Å². The van der Waals surface area contributed by atoms with E-state index in [9.17, 15) is 8.94 Å². The highest BCUT2D eigenvalue weighted by Gasteiger charge is 2.12. The Labute approximate surface area is 99.2 Å². The van der Waals surface area contributed by atoms with Gasteiger partial charge in [-0.15, -0.1) is 0 Å². The van der Waals surface area contributed by atoms with Crippen LogP contribution < -0.4 is 5.73 Å². The molecular formula is C12H18FNOS. The number of rotatable bonds is 6. The fourth-order valence-electron chi connectivity index (χ4n) is 1.43. The van der Waals surface area contributed by atoms with E-state index in [1.165, 1.54) is 12.1 Å². The molecule has 90 valence electrons. The first-order valence-corrected chi connectivity index (χ1v) is 6.90. The van der Waals surface area contributed by atoms with Gasteiger partial charge in [-0.3, -0.25) is 0 Å². The fourth-order valence-corrected chi connectivity index (χ4v) is 2.58. The number of hydrogen-bond acceptors (Lipinski definition) is 2. The van der Waals surface area contributed by atoms with Crippen LogP contribution in [0.1, 0.15) is 32.6 Å². The molecule has 16 heavy (non-hydrogen) atoms. The molecule has 0 aliphatic rings. The SMILES string of the molecule is CCCCCC[S+]([O-])c1ccc(N)c(F)c1. The highest BCUT2D eigenvalue weighted by Crippen LogP contribution is 2.18. The zero-order valence-electron chi connectivity index (χ0n) is 9.54. The van der Waals surface area contributed by atoms with Crippen LogP contribution in [0.5, 0.6) is 0 Å². The third-order valence-electron chi connectivity index (χ3n) is 2.42. The fraction of sp³-hybridized carbons (Fsp3) is 0.500. The van der Waals surface area contributed by atoms with Crippen LogP contribution in [0.25, 0.3) is 0 Å². The van der Waals surface area contributed by atoms with Crippen molar-refractivity contribution in [1.29, 1.82) is 0 Å². The summed E-state index contributed by atoms with van der Waals surface area (Å²) in [5, 5.41) is 0. The van der Waals surface area contributed by atoms with Gasteiger partial charge in [0.2, 0.25) is 0 Å². The molecular weight excluding hydrogens is 225 g/mol. The minimum atomic E-state index is -1.10. The summed E-state index contributed by atoms with van der Waals surface area (Å²) in [5.41, 5.74) is 5.46. The standard InChI is InChI=1S/C12H18FNOS/c1-2-3-4-5-8-16(15)10-6-7-12(14)11(13)9-10/h6-7,9H,2-5,8,14H2,1H3.